The Kier molecular flexibility index (Phi) is 3.69. The van der Waals surface area contributed by atoms with E-state index in [4.69, 9.17) is 0 Å². The molecule has 0 aliphatic heterocycles. The summed E-state index contributed by atoms with van der Waals surface area (Å²) in [6.45, 7) is 0. The molecule has 20 heavy (non-hydrogen) atoms. The number of hydrogen-bond acceptors (Lipinski definition) is 3. The van der Waals surface area contributed by atoms with Crippen molar-refractivity contribution in [2.75, 3.05) is 0 Å². The number of sulfonamides is 1. The van der Waals surface area contributed by atoms with E-state index in [-0.39, 0.29) is 4.90 Å². The van der Waals surface area contributed by atoms with E-state index in [1.807, 2.05) is 0 Å². The molecule has 4 nitrogen and oxygen atoms in total. The van der Waals surface area contributed by atoms with Crippen LogP contribution in [-0.2, 0) is 10.0 Å². The van der Waals surface area contributed by atoms with Crippen molar-refractivity contribution in [3.05, 3.63) is 40.9 Å². The molecule has 3 atom stereocenters. The van der Waals surface area contributed by atoms with Crippen LogP contribution >= 0.6 is 15.9 Å². The molecule has 6 heteroatoms. The van der Waals surface area contributed by atoms with Crippen molar-refractivity contribution in [2.45, 2.75) is 17.7 Å². The summed E-state index contributed by atoms with van der Waals surface area (Å²) in [7, 11) is -3.57. The highest BCUT2D eigenvalue weighted by Crippen LogP contribution is 2.42. The maximum atomic E-state index is 12.0. The number of rotatable bonds is 4. The van der Waals surface area contributed by atoms with E-state index in [2.05, 4.69) is 38.0 Å². The fraction of sp³-hybridized carbons (Fsp3) is 0.357. The van der Waals surface area contributed by atoms with Gasteiger partial charge in [-0.15, -0.1) is 0 Å². The van der Waals surface area contributed by atoms with Gasteiger partial charge in [0.2, 0.25) is 0 Å². The molecule has 1 fully saturated rings. The standard InChI is InChI=1S/C14H15BrN2O2S/c15-13-3-5-14(6-4-13)20(18,19)17-16-9-12-8-10-1-2-11(12)7-10/h1-6,9-12,17H,7-8H2. The molecular weight excluding hydrogens is 340 g/mol. The summed E-state index contributed by atoms with van der Waals surface area (Å²) in [4.78, 5) is 2.50. The highest BCUT2D eigenvalue weighted by atomic mass is 79.9. The van der Waals surface area contributed by atoms with Crippen molar-refractivity contribution in [2.24, 2.45) is 22.9 Å². The van der Waals surface area contributed by atoms with Crippen molar-refractivity contribution in [3.8, 4) is 0 Å². The first-order valence-corrected chi connectivity index (χ1v) is 8.81. The lowest BCUT2D eigenvalue weighted by Gasteiger charge is -2.12. The SMILES string of the molecule is O=S(=O)(NN=CC1CC2C=CC1C2)c1ccc(Br)cc1. The molecule has 3 unspecified atom stereocenters. The van der Waals surface area contributed by atoms with Crippen molar-refractivity contribution in [1.29, 1.82) is 0 Å². The van der Waals surface area contributed by atoms with Gasteiger partial charge in [-0.3, -0.25) is 0 Å². The highest BCUT2D eigenvalue weighted by molar-refractivity contribution is 9.10. The topological polar surface area (TPSA) is 58.5 Å². The second kappa shape index (κ2) is 5.33. The zero-order valence-corrected chi connectivity index (χ0v) is 13.1. The summed E-state index contributed by atoms with van der Waals surface area (Å²) >= 11 is 3.28. The van der Waals surface area contributed by atoms with E-state index in [0.29, 0.717) is 17.8 Å². The van der Waals surface area contributed by atoms with Crippen LogP contribution in [0.2, 0.25) is 0 Å². The van der Waals surface area contributed by atoms with Gasteiger partial charge in [0.1, 0.15) is 0 Å². The van der Waals surface area contributed by atoms with Crippen LogP contribution in [-0.4, -0.2) is 14.6 Å². The van der Waals surface area contributed by atoms with Crippen molar-refractivity contribution < 1.29 is 8.42 Å². The van der Waals surface area contributed by atoms with Crippen molar-refractivity contribution in [1.82, 2.24) is 4.83 Å². The van der Waals surface area contributed by atoms with Crippen LogP contribution in [0.1, 0.15) is 12.8 Å². The minimum absolute atomic E-state index is 0.214. The molecule has 1 N–H and O–H groups in total. The lowest BCUT2D eigenvalue weighted by Crippen LogP contribution is -2.20. The molecule has 0 amide bonds. The summed E-state index contributed by atoms with van der Waals surface area (Å²) < 4.78 is 24.9. The first-order chi connectivity index (χ1) is 9.54. The number of allylic oxidation sites excluding steroid dienone is 2. The molecule has 1 saturated carbocycles. The Morgan fingerprint density at radius 3 is 2.55 bits per heavy atom. The van der Waals surface area contributed by atoms with Gasteiger partial charge in [0.05, 0.1) is 4.90 Å². The van der Waals surface area contributed by atoms with E-state index in [1.54, 1.807) is 30.5 Å². The Bertz CT molecular complexity index is 652. The molecule has 106 valence electrons. The molecule has 0 spiro atoms. The predicted molar refractivity (Wildman–Crippen MR) is 81.8 cm³/mol. The number of fused-ring (bicyclic) bond motifs is 2. The second-order valence-corrected chi connectivity index (χ2v) is 7.85. The maximum absolute atomic E-state index is 12.0. The quantitative estimate of drug-likeness (QED) is 0.513. The van der Waals surface area contributed by atoms with Gasteiger partial charge in [0.15, 0.2) is 0 Å². The second-order valence-electron chi connectivity index (χ2n) is 5.27. The summed E-state index contributed by atoms with van der Waals surface area (Å²) in [5.41, 5.74) is 0. The van der Waals surface area contributed by atoms with E-state index in [9.17, 15) is 8.42 Å². The predicted octanol–water partition coefficient (Wildman–Crippen LogP) is 2.93. The molecule has 0 saturated heterocycles. The van der Waals surface area contributed by atoms with Crippen molar-refractivity contribution in [3.63, 3.8) is 0 Å². The van der Waals surface area contributed by atoms with Crippen LogP contribution in [0.5, 0.6) is 0 Å². The molecule has 2 bridgehead atoms. The van der Waals surface area contributed by atoms with Crippen LogP contribution in [0.25, 0.3) is 0 Å². The van der Waals surface area contributed by atoms with E-state index in [0.717, 1.165) is 10.9 Å². The normalized spacial score (nSPS) is 28.4. The number of hydrazone groups is 1. The zero-order valence-electron chi connectivity index (χ0n) is 10.7. The molecule has 1 aromatic rings. The van der Waals surface area contributed by atoms with Gasteiger partial charge in [-0.1, -0.05) is 28.1 Å². The molecule has 2 aliphatic rings. The highest BCUT2D eigenvalue weighted by Gasteiger charge is 2.34. The lowest BCUT2D eigenvalue weighted by atomic mass is 9.95. The first kappa shape index (κ1) is 13.8. The largest absolute Gasteiger partial charge is 0.276 e. The van der Waals surface area contributed by atoms with E-state index < -0.39 is 10.0 Å². The first-order valence-electron chi connectivity index (χ1n) is 6.53. The minimum atomic E-state index is -3.57. The molecule has 1 aromatic carbocycles. The monoisotopic (exact) mass is 354 g/mol. The Hall–Kier alpha value is -1.14. The third kappa shape index (κ3) is 2.81. The number of halogens is 1. The van der Waals surface area contributed by atoms with Crippen LogP contribution in [0.4, 0.5) is 0 Å². The third-order valence-electron chi connectivity index (χ3n) is 3.89. The van der Waals surface area contributed by atoms with Crippen molar-refractivity contribution >= 4 is 32.2 Å². The van der Waals surface area contributed by atoms with E-state index >= 15 is 0 Å². The van der Waals surface area contributed by atoms with Crippen LogP contribution < -0.4 is 4.83 Å². The fourth-order valence-corrected chi connectivity index (χ4v) is 3.92. The number of hydrogen-bond donors (Lipinski definition) is 1. The van der Waals surface area contributed by atoms with E-state index in [1.165, 1.54) is 6.42 Å². The Labute approximate surface area is 127 Å². The minimum Gasteiger partial charge on any atom is -0.200 e. The van der Waals surface area contributed by atoms with Gasteiger partial charge in [0, 0.05) is 16.6 Å². The van der Waals surface area contributed by atoms with Gasteiger partial charge >= 0.3 is 0 Å². The molecule has 0 heterocycles. The molecule has 0 aromatic heterocycles. The Morgan fingerprint density at radius 2 is 1.95 bits per heavy atom. The maximum Gasteiger partial charge on any atom is 0.276 e. The smallest absolute Gasteiger partial charge is 0.200 e. The van der Waals surface area contributed by atoms with Gasteiger partial charge in [-0.05, 0) is 48.9 Å². The third-order valence-corrected chi connectivity index (χ3v) is 5.66. The molecule has 2 aliphatic carbocycles. The average molecular weight is 355 g/mol. The number of benzene rings is 1. The van der Waals surface area contributed by atoms with Gasteiger partial charge < -0.3 is 0 Å². The number of nitrogens with zero attached hydrogens (tertiary/aromatic N) is 1. The van der Waals surface area contributed by atoms with Gasteiger partial charge in [-0.2, -0.15) is 13.5 Å². The average Bonchev–Trinajstić information content (AvgIpc) is 3.01. The lowest BCUT2D eigenvalue weighted by molar-refractivity contribution is 0.578. The number of nitrogens with one attached hydrogen (secondary N) is 1. The van der Waals surface area contributed by atoms with Crippen LogP contribution in [0.3, 0.4) is 0 Å². The summed E-state index contributed by atoms with van der Waals surface area (Å²) in [5.74, 6) is 1.54. The molecule has 0 radical (unpaired) electrons. The molecular formula is C14H15BrN2O2S. The fourth-order valence-electron chi connectivity index (χ4n) is 2.86. The zero-order chi connectivity index (χ0) is 14.2. The summed E-state index contributed by atoms with van der Waals surface area (Å²) in [5, 5.41) is 3.93. The van der Waals surface area contributed by atoms with Gasteiger partial charge in [-0.25, -0.2) is 4.83 Å². The van der Waals surface area contributed by atoms with Gasteiger partial charge in [0.25, 0.3) is 10.0 Å². The summed E-state index contributed by atoms with van der Waals surface area (Å²) in [6, 6.07) is 6.47. The van der Waals surface area contributed by atoms with Crippen LogP contribution in [0, 0.1) is 17.8 Å². The summed E-state index contributed by atoms with van der Waals surface area (Å²) in [6.07, 6.45) is 8.46. The Balaban J connectivity index is 1.65. The Morgan fingerprint density at radius 1 is 1.20 bits per heavy atom. The van der Waals surface area contributed by atoms with Crippen LogP contribution in [0.15, 0.2) is 50.9 Å². The molecule has 3 rings (SSSR count).